The number of hydrogen-bond donors (Lipinski definition) is 2. The summed E-state index contributed by atoms with van der Waals surface area (Å²) in [6.07, 6.45) is 0.130. The summed E-state index contributed by atoms with van der Waals surface area (Å²) in [7, 11) is 0. The SMILES string of the molecule is Cc1ccc(OCCC(=O)N[C@@H](C)C(=O)O)cc1. The van der Waals surface area contributed by atoms with Gasteiger partial charge in [0.1, 0.15) is 11.8 Å². The van der Waals surface area contributed by atoms with Crippen LogP contribution in [-0.4, -0.2) is 29.6 Å². The van der Waals surface area contributed by atoms with Crippen LogP contribution in [-0.2, 0) is 9.59 Å². The average molecular weight is 251 g/mol. The first-order chi connectivity index (χ1) is 8.49. The van der Waals surface area contributed by atoms with E-state index in [0.717, 1.165) is 5.56 Å². The van der Waals surface area contributed by atoms with Crippen LogP contribution < -0.4 is 10.1 Å². The maximum absolute atomic E-state index is 11.3. The van der Waals surface area contributed by atoms with Gasteiger partial charge < -0.3 is 15.2 Å². The molecular weight excluding hydrogens is 234 g/mol. The van der Waals surface area contributed by atoms with E-state index in [0.29, 0.717) is 5.75 Å². The van der Waals surface area contributed by atoms with Crippen molar-refractivity contribution in [2.45, 2.75) is 26.3 Å². The van der Waals surface area contributed by atoms with Crippen molar-refractivity contribution in [2.75, 3.05) is 6.61 Å². The Hall–Kier alpha value is -2.04. The molecule has 1 aromatic rings. The van der Waals surface area contributed by atoms with Gasteiger partial charge in [-0.1, -0.05) is 17.7 Å². The second kappa shape index (κ2) is 6.64. The fourth-order valence-corrected chi connectivity index (χ4v) is 1.27. The quantitative estimate of drug-likeness (QED) is 0.800. The van der Waals surface area contributed by atoms with Crippen LogP contribution in [0, 0.1) is 6.92 Å². The number of rotatable bonds is 6. The van der Waals surface area contributed by atoms with E-state index in [9.17, 15) is 9.59 Å². The Morgan fingerprint density at radius 2 is 1.94 bits per heavy atom. The van der Waals surface area contributed by atoms with Crippen molar-refractivity contribution in [3.63, 3.8) is 0 Å². The van der Waals surface area contributed by atoms with Gasteiger partial charge >= 0.3 is 5.97 Å². The van der Waals surface area contributed by atoms with Gasteiger partial charge in [0, 0.05) is 0 Å². The van der Waals surface area contributed by atoms with Crippen LogP contribution in [0.15, 0.2) is 24.3 Å². The monoisotopic (exact) mass is 251 g/mol. The normalized spacial score (nSPS) is 11.7. The first-order valence-corrected chi connectivity index (χ1v) is 5.70. The molecule has 2 N–H and O–H groups in total. The summed E-state index contributed by atoms with van der Waals surface area (Å²) in [5, 5.41) is 11.0. The maximum Gasteiger partial charge on any atom is 0.325 e. The lowest BCUT2D eigenvalue weighted by Gasteiger charge is -2.10. The van der Waals surface area contributed by atoms with Gasteiger partial charge in [-0.25, -0.2) is 0 Å². The van der Waals surface area contributed by atoms with Gasteiger partial charge in [0.15, 0.2) is 0 Å². The molecule has 5 nitrogen and oxygen atoms in total. The minimum absolute atomic E-state index is 0.130. The van der Waals surface area contributed by atoms with Gasteiger partial charge in [-0.3, -0.25) is 9.59 Å². The largest absolute Gasteiger partial charge is 0.493 e. The summed E-state index contributed by atoms with van der Waals surface area (Å²) in [5.74, 6) is -0.695. The highest BCUT2D eigenvalue weighted by Gasteiger charge is 2.13. The lowest BCUT2D eigenvalue weighted by Crippen LogP contribution is -2.38. The fraction of sp³-hybridized carbons (Fsp3) is 0.385. The Kier molecular flexibility index (Phi) is 5.17. The molecule has 1 aromatic carbocycles. The molecule has 0 aliphatic carbocycles. The van der Waals surface area contributed by atoms with Gasteiger partial charge in [0.2, 0.25) is 5.91 Å². The van der Waals surface area contributed by atoms with E-state index in [1.54, 1.807) is 0 Å². The fourth-order valence-electron chi connectivity index (χ4n) is 1.27. The Bertz CT molecular complexity index is 414. The predicted molar refractivity (Wildman–Crippen MR) is 66.5 cm³/mol. The Labute approximate surface area is 106 Å². The highest BCUT2D eigenvalue weighted by Crippen LogP contribution is 2.11. The summed E-state index contributed by atoms with van der Waals surface area (Å²) in [4.78, 5) is 21.9. The second-order valence-electron chi connectivity index (χ2n) is 4.04. The van der Waals surface area contributed by atoms with Crippen LogP contribution in [0.4, 0.5) is 0 Å². The molecule has 0 saturated carbocycles. The Balaban J connectivity index is 2.27. The molecule has 18 heavy (non-hydrogen) atoms. The lowest BCUT2D eigenvalue weighted by atomic mass is 10.2. The Morgan fingerprint density at radius 3 is 2.50 bits per heavy atom. The van der Waals surface area contributed by atoms with Crippen molar-refractivity contribution in [3.8, 4) is 5.75 Å². The van der Waals surface area contributed by atoms with Crippen molar-refractivity contribution in [3.05, 3.63) is 29.8 Å². The molecule has 0 radical (unpaired) electrons. The van der Waals surface area contributed by atoms with Crippen molar-refractivity contribution in [1.29, 1.82) is 0 Å². The number of amides is 1. The van der Waals surface area contributed by atoms with Crippen LogP contribution in [0.1, 0.15) is 18.9 Å². The van der Waals surface area contributed by atoms with E-state index in [4.69, 9.17) is 9.84 Å². The third kappa shape index (κ3) is 4.86. The molecule has 1 atom stereocenters. The highest BCUT2D eigenvalue weighted by molar-refractivity contribution is 5.83. The van der Waals surface area contributed by atoms with Gasteiger partial charge in [-0.05, 0) is 26.0 Å². The number of aryl methyl sites for hydroxylation is 1. The Morgan fingerprint density at radius 1 is 1.33 bits per heavy atom. The number of nitrogens with one attached hydrogen (secondary N) is 1. The van der Waals surface area contributed by atoms with Crippen LogP contribution in [0.3, 0.4) is 0 Å². The molecule has 0 aliphatic heterocycles. The van der Waals surface area contributed by atoms with Gasteiger partial charge in [-0.2, -0.15) is 0 Å². The first-order valence-electron chi connectivity index (χ1n) is 5.70. The number of carbonyl (C=O) groups excluding carboxylic acids is 1. The second-order valence-corrected chi connectivity index (χ2v) is 4.04. The number of benzene rings is 1. The van der Waals surface area contributed by atoms with E-state index in [1.165, 1.54) is 6.92 Å². The summed E-state index contributed by atoms with van der Waals surface area (Å²) in [6.45, 7) is 3.62. The van der Waals surface area contributed by atoms with Gasteiger partial charge in [0.25, 0.3) is 0 Å². The van der Waals surface area contributed by atoms with Gasteiger partial charge in [0.05, 0.1) is 13.0 Å². The minimum atomic E-state index is -1.05. The van der Waals surface area contributed by atoms with Crippen molar-refractivity contribution in [2.24, 2.45) is 0 Å². The number of ether oxygens (including phenoxy) is 1. The maximum atomic E-state index is 11.3. The number of carboxylic acid groups (broad SMARTS) is 1. The summed E-state index contributed by atoms with van der Waals surface area (Å²) >= 11 is 0. The van der Waals surface area contributed by atoms with Gasteiger partial charge in [-0.15, -0.1) is 0 Å². The molecule has 0 unspecified atom stereocenters. The van der Waals surface area contributed by atoms with Crippen LogP contribution in [0.25, 0.3) is 0 Å². The molecule has 0 spiro atoms. The number of aliphatic carboxylic acids is 1. The van der Waals surface area contributed by atoms with E-state index < -0.39 is 12.0 Å². The average Bonchev–Trinajstić information content (AvgIpc) is 2.31. The van der Waals surface area contributed by atoms with Crippen molar-refractivity contribution < 1.29 is 19.4 Å². The molecular formula is C13H17NO4. The zero-order valence-electron chi connectivity index (χ0n) is 10.5. The summed E-state index contributed by atoms with van der Waals surface area (Å²) in [6, 6.07) is 6.61. The molecule has 0 aliphatic rings. The molecule has 0 aromatic heterocycles. The minimum Gasteiger partial charge on any atom is -0.493 e. The van der Waals surface area contributed by atoms with Crippen LogP contribution in [0.5, 0.6) is 5.75 Å². The zero-order valence-corrected chi connectivity index (χ0v) is 10.5. The molecule has 5 heteroatoms. The molecule has 0 saturated heterocycles. The number of hydrogen-bond acceptors (Lipinski definition) is 3. The van der Waals surface area contributed by atoms with Crippen molar-refractivity contribution in [1.82, 2.24) is 5.32 Å². The lowest BCUT2D eigenvalue weighted by molar-refractivity contribution is -0.141. The molecule has 0 bridgehead atoms. The molecule has 98 valence electrons. The topological polar surface area (TPSA) is 75.6 Å². The molecule has 0 fully saturated rings. The summed E-state index contributed by atoms with van der Waals surface area (Å²) in [5.41, 5.74) is 1.13. The van der Waals surface area contributed by atoms with E-state index in [2.05, 4.69) is 5.32 Å². The third-order valence-corrected chi connectivity index (χ3v) is 2.37. The predicted octanol–water partition coefficient (Wildman–Crippen LogP) is 1.35. The molecule has 1 rings (SSSR count). The number of carbonyl (C=O) groups is 2. The summed E-state index contributed by atoms with van der Waals surface area (Å²) < 4.78 is 5.37. The molecule has 0 heterocycles. The smallest absolute Gasteiger partial charge is 0.325 e. The zero-order chi connectivity index (χ0) is 13.5. The first kappa shape index (κ1) is 14.0. The standard InChI is InChI=1S/C13H17NO4/c1-9-3-5-11(6-4-9)18-8-7-12(15)14-10(2)13(16)17/h3-6,10H,7-8H2,1-2H3,(H,14,15)(H,16,17)/t10-/m0/s1. The van der Waals surface area contributed by atoms with E-state index in [-0.39, 0.29) is 18.9 Å². The number of carboxylic acids is 1. The van der Waals surface area contributed by atoms with E-state index >= 15 is 0 Å². The highest BCUT2D eigenvalue weighted by atomic mass is 16.5. The van der Waals surface area contributed by atoms with Crippen LogP contribution >= 0.6 is 0 Å². The van der Waals surface area contributed by atoms with Crippen molar-refractivity contribution >= 4 is 11.9 Å². The molecule has 1 amide bonds. The van der Waals surface area contributed by atoms with Crippen LogP contribution in [0.2, 0.25) is 0 Å². The third-order valence-electron chi connectivity index (χ3n) is 2.37. The van der Waals surface area contributed by atoms with E-state index in [1.807, 2.05) is 31.2 Å².